The van der Waals surface area contributed by atoms with E-state index in [4.69, 9.17) is 18.9 Å². The third kappa shape index (κ3) is 21.5. The summed E-state index contributed by atoms with van der Waals surface area (Å²) in [6.07, 6.45) is 31.6. The van der Waals surface area contributed by atoms with Gasteiger partial charge in [0, 0.05) is 98.2 Å². The van der Waals surface area contributed by atoms with Gasteiger partial charge in [-0.1, -0.05) is 182 Å². The second-order valence-corrected chi connectivity index (χ2v) is 36.9. The summed E-state index contributed by atoms with van der Waals surface area (Å²) >= 11 is 0. The fraction of sp³-hybridized carbons (Fsp3) is 0.252. The van der Waals surface area contributed by atoms with Crippen LogP contribution >= 0.6 is 0 Å². The number of imide groups is 2. The van der Waals surface area contributed by atoms with Gasteiger partial charge < -0.3 is 33.7 Å². The Morgan fingerprint density at radius 3 is 1.15 bits per heavy atom. The van der Waals surface area contributed by atoms with Crippen molar-refractivity contribution >= 4 is 91.7 Å². The maximum atomic E-state index is 14.4. The quantitative estimate of drug-likeness (QED) is 0.0356. The van der Waals surface area contributed by atoms with E-state index in [9.17, 15) is 19.2 Å². The van der Waals surface area contributed by atoms with Crippen LogP contribution in [0.1, 0.15) is 229 Å². The first-order chi connectivity index (χ1) is 66.5. The average Bonchev–Trinajstić information content (AvgIpc) is 0.711. The van der Waals surface area contributed by atoms with Gasteiger partial charge in [0.2, 0.25) is 0 Å². The monoisotopic (exact) mass is 2010 g/mol. The van der Waals surface area contributed by atoms with E-state index in [1.807, 2.05) is 131 Å². The molecule has 20 rings (SSSR count). The molecular formula is C119H119IrN10O8. The molecule has 2 aliphatic carbocycles. The summed E-state index contributed by atoms with van der Waals surface area (Å²) in [5.41, 5.74) is 25.7. The number of nitrogens with zero attached hydrogens (tertiary/aromatic N) is 10. The Morgan fingerprint density at radius 1 is 0.413 bits per heavy atom. The molecule has 12 aromatic carbocycles. The van der Waals surface area contributed by atoms with Gasteiger partial charge in [-0.15, -0.1) is 29.0 Å². The summed E-state index contributed by atoms with van der Waals surface area (Å²) in [7, 11) is 6.76. The van der Waals surface area contributed by atoms with Crippen LogP contribution in [0.2, 0.25) is 0 Å². The molecule has 6 heterocycles. The van der Waals surface area contributed by atoms with Crippen molar-refractivity contribution in [1.82, 2.24) is 24.5 Å². The molecule has 0 saturated heterocycles. The molecule has 19 heteroatoms. The predicted octanol–water partition coefficient (Wildman–Crippen LogP) is 27.3. The Labute approximate surface area is 825 Å². The molecule has 18 nitrogen and oxygen atoms in total. The fourth-order valence-electron chi connectivity index (χ4n) is 18.3. The zero-order chi connectivity index (χ0) is 96.0. The number of hydrogen-bond donors (Lipinski definition) is 0. The minimum absolute atomic E-state index is 0. The minimum Gasteiger partial charge on any atom is -0.664 e. The number of aryl methyl sites for hydroxylation is 4. The Hall–Kier alpha value is -14.5. The van der Waals surface area contributed by atoms with Gasteiger partial charge in [-0.25, -0.2) is 9.80 Å². The van der Waals surface area contributed by atoms with Crippen molar-refractivity contribution in [3.8, 4) is 34.4 Å². The number of aliphatic imine (C=N–C) groups is 1. The second kappa shape index (κ2) is 44.1. The van der Waals surface area contributed by atoms with Crippen molar-refractivity contribution in [3.63, 3.8) is 0 Å². The number of aromatic nitrogens is 5. The van der Waals surface area contributed by atoms with Crippen LogP contribution in [0.25, 0.3) is 27.7 Å². The number of anilines is 8. The van der Waals surface area contributed by atoms with Crippen LogP contribution in [-0.2, 0) is 69.5 Å². The van der Waals surface area contributed by atoms with Crippen molar-refractivity contribution in [1.29, 1.82) is 0 Å². The number of unbranched alkanes of at least 4 members (excludes halogenated alkanes) is 6. The maximum absolute atomic E-state index is 14.4. The van der Waals surface area contributed by atoms with E-state index in [0.29, 0.717) is 22.1 Å². The summed E-state index contributed by atoms with van der Waals surface area (Å²) in [6.45, 7) is 21.3. The molecule has 0 bridgehead atoms. The number of rotatable bonds is 22. The number of benzene rings is 12. The van der Waals surface area contributed by atoms with Gasteiger partial charge in [-0.2, -0.15) is 51.8 Å². The van der Waals surface area contributed by atoms with Crippen LogP contribution in [0.5, 0.6) is 23.0 Å². The zero-order valence-corrected chi connectivity index (χ0v) is 83.7. The van der Waals surface area contributed by atoms with E-state index in [1.54, 1.807) is 89.6 Å². The largest absolute Gasteiger partial charge is 3.00 e. The Bertz CT molecular complexity index is 6480. The summed E-state index contributed by atoms with van der Waals surface area (Å²) < 4.78 is 25.4. The molecule has 0 spiro atoms. The standard InChI is InChI=1S/C43H35N4O4.2C32H28N3O2.2C6H14.Ir/c1-42(2,3)25-13-20-31(43(4,5)6)34(23-25)47-40(50)29-18-16-27-36-28(17-19-30(37(29)36)41(47)51)39(49)46(38(27)48)26-14-11-24(12-15-26)35(32-9-7-21-44-32)33-10-8-22-45-33;2*1-36-31-14-10-27(11-15-31)35(28-12-16-32(37-2)17-13-28)30-9-7-24-5-4-23-6-8-29(34-19-3-18-33-34)21-25(23)20-26(24)22-30;2*1-3-5-6-4-2;/h7-23H,1-6H3;2*3,6-7,9-19,21-22H,4-5,20H2,1-2H3;2*3-6H2,1-2H3;/q3*-1;;;+3. The molecule has 0 atom stereocenters. The first-order valence-electron chi connectivity index (χ1n) is 47.6. The first-order valence-corrected chi connectivity index (χ1v) is 47.6. The molecule has 4 amide bonds. The van der Waals surface area contributed by atoms with E-state index in [-0.39, 0.29) is 53.2 Å². The van der Waals surface area contributed by atoms with Crippen molar-refractivity contribution in [2.75, 3.05) is 48.0 Å². The molecule has 702 valence electrons. The van der Waals surface area contributed by atoms with Crippen molar-refractivity contribution in [2.45, 2.75) is 170 Å². The Balaban J connectivity index is 0.000000150. The first kappa shape index (κ1) is 98.0. The molecular weight excluding hydrogens is 1890 g/mol. The number of methoxy groups -OCH3 is 4. The van der Waals surface area contributed by atoms with E-state index in [1.165, 1.54) is 101 Å². The molecule has 0 N–H and O–H groups in total. The summed E-state index contributed by atoms with van der Waals surface area (Å²) in [5, 5.41) is 9.45. The molecule has 3 aromatic heterocycles. The predicted molar refractivity (Wildman–Crippen MR) is 553 cm³/mol. The number of carbonyl (C=O) groups is 4. The molecule has 3 aliphatic heterocycles. The van der Waals surface area contributed by atoms with E-state index in [0.717, 1.165) is 146 Å². The minimum atomic E-state index is -0.529. The Kier molecular flexibility index (Phi) is 31.3. The zero-order valence-electron chi connectivity index (χ0n) is 81.3. The average molecular weight is 2010 g/mol. The van der Waals surface area contributed by atoms with Gasteiger partial charge in [0.1, 0.15) is 23.0 Å². The molecule has 15 aromatic rings. The van der Waals surface area contributed by atoms with Crippen molar-refractivity contribution in [3.05, 3.63) is 399 Å². The van der Waals surface area contributed by atoms with Crippen LogP contribution in [-0.4, -0.2) is 77.8 Å². The third-order valence-corrected chi connectivity index (χ3v) is 25.8. The summed E-state index contributed by atoms with van der Waals surface area (Å²) in [5.74, 6) is 1.30. The van der Waals surface area contributed by atoms with Gasteiger partial charge in [0.05, 0.1) is 45.5 Å². The van der Waals surface area contributed by atoms with Gasteiger partial charge in [-0.05, 0) is 280 Å². The number of hydrogen-bond acceptors (Lipinski definition) is 13. The van der Waals surface area contributed by atoms with E-state index in [2.05, 4.69) is 227 Å². The topological polar surface area (TPSA) is 180 Å². The van der Waals surface area contributed by atoms with Crippen LogP contribution in [0.3, 0.4) is 0 Å². The molecule has 0 saturated carbocycles. The smallest absolute Gasteiger partial charge is 0.664 e. The van der Waals surface area contributed by atoms with Crippen molar-refractivity contribution in [2.24, 2.45) is 4.99 Å². The molecule has 0 fully saturated rings. The van der Waals surface area contributed by atoms with Crippen molar-refractivity contribution < 1.29 is 58.2 Å². The van der Waals surface area contributed by atoms with Crippen LogP contribution < -0.4 is 43.5 Å². The van der Waals surface area contributed by atoms with Crippen LogP contribution in [0.4, 0.5) is 45.5 Å². The number of carbonyl (C=O) groups excluding carboxylic acids is 4. The Morgan fingerprint density at radius 2 is 0.804 bits per heavy atom. The number of amides is 4. The third-order valence-electron chi connectivity index (χ3n) is 25.8. The molecule has 5 aliphatic rings. The normalized spacial score (nSPS) is 13.5. The van der Waals surface area contributed by atoms with Gasteiger partial charge in [-0.3, -0.25) is 33.5 Å². The molecule has 0 radical (unpaired) electrons. The number of allylic oxidation sites excluding steroid dienone is 2. The molecule has 0 unspecified atom stereocenters. The van der Waals surface area contributed by atoms with E-state index >= 15 is 0 Å². The van der Waals surface area contributed by atoms with Gasteiger partial charge >= 0.3 is 20.1 Å². The van der Waals surface area contributed by atoms with Crippen LogP contribution in [0.15, 0.2) is 303 Å². The second-order valence-electron chi connectivity index (χ2n) is 36.9. The SMILES string of the molecule is CC(C)(C)c1ccc(C(C)(C)C)c(N2C(=O)c3ccc4c5c(ccc(c35)C2=O)C(=O)N(c2ccc(/C(=C3\C=CC=N3)c3ccc[n-]3)cc2)C4=O)c1.CCCCCC.CCCCCC.COc1ccc(N(c2ccc(OC)cc2)c2ccc3c(c2)Cc2cc(-n4cccn4)[c-]cc2CC3)cc1.COc1ccc(N(c2ccc(OC)cc2)c2ccc3c(c2)Cc2cc(-n4cccn4)[c-]cc2CC3)cc1.[Ir+3]. The fourth-order valence-corrected chi connectivity index (χ4v) is 18.3. The number of ether oxygens (including phenoxy) is 4. The number of fused-ring (bicyclic) bond motifs is 4. The van der Waals surface area contributed by atoms with Gasteiger partial charge in [0.25, 0.3) is 23.6 Å². The van der Waals surface area contributed by atoms with E-state index < -0.39 is 23.6 Å². The maximum Gasteiger partial charge on any atom is 3.00 e. The van der Waals surface area contributed by atoms with Crippen LogP contribution in [0, 0.1) is 12.1 Å². The summed E-state index contributed by atoms with van der Waals surface area (Å²) in [6, 6.07) is 89.2. The van der Waals surface area contributed by atoms with Gasteiger partial charge in [0.15, 0.2) is 0 Å². The molecule has 138 heavy (non-hydrogen) atoms. The summed E-state index contributed by atoms with van der Waals surface area (Å²) in [4.78, 5) is 73.1.